The first-order chi connectivity index (χ1) is 14.0. The van der Waals surface area contributed by atoms with Crippen LogP contribution in [0, 0.1) is 0 Å². The number of aromatic nitrogens is 1. The van der Waals surface area contributed by atoms with Crippen LogP contribution in [0.15, 0.2) is 42.5 Å². The topological polar surface area (TPSA) is 80.3 Å². The summed E-state index contributed by atoms with van der Waals surface area (Å²) in [5, 5.41) is 6.14. The Labute approximate surface area is 174 Å². The summed E-state index contributed by atoms with van der Waals surface area (Å²) in [6.07, 6.45) is 1.48. The van der Waals surface area contributed by atoms with Crippen molar-refractivity contribution < 1.29 is 14.3 Å². The second kappa shape index (κ2) is 9.52. The van der Waals surface area contributed by atoms with Crippen molar-refractivity contribution in [2.45, 2.75) is 39.5 Å². The zero-order valence-electron chi connectivity index (χ0n) is 16.8. The summed E-state index contributed by atoms with van der Waals surface area (Å²) in [5.74, 6) is 0.859. The quantitative estimate of drug-likeness (QED) is 0.535. The van der Waals surface area contributed by atoms with Gasteiger partial charge >= 0.3 is 0 Å². The molecule has 3 aromatic rings. The second-order valence-corrected chi connectivity index (χ2v) is 7.85. The summed E-state index contributed by atoms with van der Waals surface area (Å²) in [5.41, 5.74) is 2.70. The van der Waals surface area contributed by atoms with E-state index < -0.39 is 0 Å². The molecule has 0 saturated heterocycles. The third-order valence-corrected chi connectivity index (χ3v) is 5.60. The van der Waals surface area contributed by atoms with E-state index >= 15 is 0 Å². The molecule has 3 rings (SSSR count). The van der Waals surface area contributed by atoms with Crippen molar-refractivity contribution in [2.75, 3.05) is 17.2 Å². The Hall–Kier alpha value is -2.93. The lowest BCUT2D eigenvalue weighted by atomic mass is 9.99. The summed E-state index contributed by atoms with van der Waals surface area (Å²) in [6.45, 7) is 6.06. The van der Waals surface area contributed by atoms with Gasteiger partial charge in [-0.2, -0.15) is 0 Å². The molecule has 152 valence electrons. The molecule has 0 spiro atoms. The number of nitrogens with zero attached hydrogens (tertiary/aromatic N) is 1. The van der Waals surface area contributed by atoms with Crippen LogP contribution in [0.25, 0.3) is 10.2 Å². The van der Waals surface area contributed by atoms with Crippen molar-refractivity contribution in [3.63, 3.8) is 0 Å². The fraction of sp³-hybridized carbons (Fsp3) is 0.318. The lowest BCUT2D eigenvalue weighted by molar-refractivity contribution is -0.118. The number of rotatable bonds is 8. The molecule has 0 aliphatic carbocycles. The molecular formula is C22H25N3O3S. The average Bonchev–Trinajstić information content (AvgIpc) is 3.13. The van der Waals surface area contributed by atoms with Crippen LogP contribution in [-0.2, 0) is 9.59 Å². The molecule has 0 radical (unpaired) electrons. The van der Waals surface area contributed by atoms with Crippen LogP contribution in [0.1, 0.15) is 45.1 Å². The first kappa shape index (κ1) is 20.8. The predicted octanol–water partition coefficient (Wildman–Crippen LogP) is 5.18. The number of amides is 2. The van der Waals surface area contributed by atoms with Gasteiger partial charge in [-0.3, -0.25) is 9.59 Å². The van der Waals surface area contributed by atoms with Gasteiger partial charge in [0.25, 0.3) is 5.91 Å². The zero-order valence-corrected chi connectivity index (χ0v) is 17.6. The van der Waals surface area contributed by atoms with E-state index in [0.717, 1.165) is 16.6 Å². The average molecular weight is 412 g/mol. The molecule has 7 heteroatoms. The number of thiazole rings is 1. The SMILES string of the molecule is CCC(=O)Nc1nc2ccc(NC(=O)COc3ccc(C(C)CC)cc3)cc2s1. The Balaban J connectivity index is 1.57. The molecule has 0 fully saturated rings. The molecule has 6 nitrogen and oxygen atoms in total. The van der Waals surface area contributed by atoms with Crippen LogP contribution in [0.2, 0.25) is 0 Å². The molecule has 0 aliphatic rings. The fourth-order valence-corrected chi connectivity index (χ4v) is 3.66. The number of hydrogen-bond donors (Lipinski definition) is 2. The maximum Gasteiger partial charge on any atom is 0.262 e. The third kappa shape index (κ3) is 5.54. The van der Waals surface area contributed by atoms with E-state index in [4.69, 9.17) is 4.74 Å². The monoisotopic (exact) mass is 411 g/mol. The molecule has 0 bridgehead atoms. The number of anilines is 2. The number of carbonyl (C=O) groups is 2. The van der Waals surface area contributed by atoms with Gasteiger partial charge in [0.1, 0.15) is 5.75 Å². The number of benzene rings is 2. The summed E-state index contributed by atoms with van der Waals surface area (Å²) >= 11 is 1.37. The van der Waals surface area contributed by atoms with Crippen molar-refractivity contribution >= 4 is 44.2 Å². The van der Waals surface area contributed by atoms with Gasteiger partial charge in [0.05, 0.1) is 10.2 Å². The lowest BCUT2D eigenvalue weighted by Gasteiger charge is -2.11. The molecule has 1 aromatic heterocycles. The molecule has 0 aliphatic heterocycles. The highest BCUT2D eigenvalue weighted by Crippen LogP contribution is 2.28. The Bertz CT molecular complexity index is 998. The van der Waals surface area contributed by atoms with Gasteiger partial charge in [0.15, 0.2) is 11.7 Å². The first-order valence-corrected chi connectivity index (χ1v) is 10.5. The molecule has 29 heavy (non-hydrogen) atoms. The number of hydrogen-bond acceptors (Lipinski definition) is 5. The molecule has 0 saturated carbocycles. The van der Waals surface area contributed by atoms with E-state index in [-0.39, 0.29) is 18.4 Å². The molecule has 1 unspecified atom stereocenters. The molecule has 1 heterocycles. The highest BCUT2D eigenvalue weighted by Gasteiger charge is 2.09. The highest BCUT2D eigenvalue weighted by atomic mass is 32.1. The second-order valence-electron chi connectivity index (χ2n) is 6.82. The molecule has 2 N–H and O–H groups in total. The Morgan fingerprint density at radius 1 is 1.07 bits per heavy atom. The van der Waals surface area contributed by atoms with E-state index in [1.807, 2.05) is 36.4 Å². The normalized spacial score (nSPS) is 11.8. The van der Waals surface area contributed by atoms with Gasteiger partial charge in [-0.15, -0.1) is 0 Å². The van der Waals surface area contributed by atoms with E-state index in [2.05, 4.69) is 29.5 Å². The van der Waals surface area contributed by atoms with Crippen LogP contribution in [0.4, 0.5) is 10.8 Å². The standard InChI is InChI=1S/C22H25N3O3S/c1-4-14(3)15-6-9-17(10-7-15)28-13-21(27)23-16-8-11-18-19(12-16)29-22(24-18)25-20(26)5-2/h6-12,14H,4-5,13H2,1-3H3,(H,23,27)(H,24,25,26). The van der Waals surface area contributed by atoms with E-state index in [0.29, 0.717) is 28.9 Å². The predicted molar refractivity (Wildman–Crippen MR) is 118 cm³/mol. The van der Waals surface area contributed by atoms with Gasteiger partial charge in [-0.25, -0.2) is 4.98 Å². The number of ether oxygens (including phenoxy) is 1. The largest absolute Gasteiger partial charge is 0.484 e. The van der Waals surface area contributed by atoms with Gasteiger partial charge in [0.2, 0.25) is 5.91 Å². The Morgan fingerprint density at radius 2 is 1.83 bits per heavy atom. The highest BCUT2D eigenvalue weighted by molar-refractivity contribution is 7.22. The van der Waals surface area contributed by atoms with Crippen LogP contribution < -0.4 is 15.4 Å². The van der Waals surface area contributed by atoms with Crippen LogP contribution in [0.5, 0.6) is 5.75 Å². The van der Waals surface area contributed by atoms with Crippen molar-refractivity contribution in [1.29, 1.82) is 0 Å². The maximum absolute atomic E-state index is 12.2. The van der Waals surface area contributed by atoms with Gasteiger partial charge in [0, 0.05) is 12.1 Å². The van der Waals surface area contributed by atoms with Crippen LogP contribution in [-0.4, -0.2) is 23.4 Å². The minimum absolute atomic E-state index is 0.0682. The molecule has 2 aromatic carbocycles. The first-order valence-electron chi connectivity index (χ1n) is 9.71. The molecule has 1 atom stereocenters. The van der Waals surface area contributed by atoms with Crippen LogP contribution in [0.3, 0.4) is 0 Å². The minimum atomic E-state index is -0.237. The van der Waals surface area contributed by atoms with Gasteiger partial charge < -0.3 is 15.4 Å². The van der Waals surface area contributed by atoms with E-state index in [1.165, 1.54) is 16.9 Å². The van der Waals surface area contributed by atoms with Gasteiger partial charge in [-0.1, -0.05) is 44.2 Å². The van der Waals surface area contributed by atoms with Crippen molar-refractivity contribution in [3.8, 4) is 5.75 Å². The maximum atomic E-state index is 12.2. The Morgan fingerprint density at radius 3 is 2.52 bits per heavy atom. The zero-order chi connectivity index (χ0) is 20.8. The van der Waals surface area contributed by atoms with E-state index in [1.54, 1.807) is 13.0 Å². The van der Waals surface area contributed by atoms with Crippen LogP contribution >= 0.6 is 11.3 Å². The lowest BCUT2D eigenvalue weighted by Crippen LogP contribution is -2.20. The molecule has 2 amide bonds. The Kier molecular flexibility index (Phi) is 6.82. The number of fused-ring (bicyclic) bond motifs is 1. The smallest absolute Gasteiger partial charge is 0.262 e. The fourth-order valence-electron chi connectivity index (χ4n) is 2.74. The van der Waals surface area contributed by atoms with Crippen molar-refractivity contribution in [3.05, 3.63) is 48.0 Å². The number of nitrogens with one attached hydrogen (secondary N) is 2. The van der Waals surface area contributed by atoms with Crippen molar-refractivity contribution in [1.82, 2.24) is 4.98 Å². The number of carbonyl (C=O) groups excluding carboxylic acids is 2. The summed E-state index contributed by atoms with van der Waals surface area (Å²) < 4.78 is 6.47. The van der Waals surface area contributed by atoms with Gasteiger partial charge in [-0.05, 0) is 48.2 Å². The third-order valence-electron chi connectivity index (χ3n) is 4.67. The summed E-state index contributed by atoms with van der Waals surface area (Å²) in [7, 11) is 0. The summed E-state index contributed by atoms with van der Waals surface area (Å²) in [4.78, 5) is 28.1. The molecular weight excluding hydrogens is 386 g/mol. The minimum Gasteiger partial charge on any atom is -0.484 e. The summed E-state index contributed by atoms with van der Waals surface area (Å²) in [6, 6.07) is 13.3. The van der Waals surface area contributed by atoms with Crippen molar-refractivity contribution in [2.24, 2.45) is 0 Å². The van der Waals surface area contributed by atoms with E-state index in [9.17, 15) is 9.59 Å².